The Bertz CT molecular complexity index is 203. The van der Waals surface area contributed by atoms with Gasteiger partial charge >= 0.3 is 0 Å². The first kappa shape index (κ1) is 15.7. The van der Waals surface area contributed by atoms with Crippen molar-refractivity contribution < 1.29 is 4.74 Å². The van der Waals surface area contributed by atoms with Crippen molar-refractivity contribution in [3.05, 3.63) is 11.6 Å². The van der Waals surface area contributed by atoms with Crippen molar-refractivity contribution in [2.24, 2.45) is 0 Å². The summed E-state index contributed by atoms with van der Waals surface area (Å²) in [6, 6.07) is 0.317. The highest BCUT2D eigenvalue weighted by atomic mass is 16.5. The largest absolute Gasteiger partial charge is 0.373 e. The molecule has 0 rings (SSSR count). The molecule has 0 aliphatic rings. The molecule has 0 saturated carbocycles. The lowest BCUT2D eigenvalue weighted by molar-refractivity contribution is -0.0610. The minimum Gasteiger partial charge on any atom is -0.373 e. The van der Waals surface area contributed by atoms with E-state index in [9.17, 15) is 0 Å². The summed E-state index contributed by atoms with van der Waals surface area (Å²) >= 11 is 0. The molecule has 1 unspecified atom stereocenters. The van der Waals surface area contributed by atoms with E-state index in [1.54, 1.807) is 0 Å². The van der Waals surface area contributed by atoms with Crippen LogP contribution in [0.5, 0.6) is 0 Å². The molecule has 0 heterocycles. The van der Waals surface area contributed by atoms with E-state index in [1.807, 2.05) is 0 Å². The Morgan fingerprint density at radius 3 is 2.06 bits per heavy atom. The Labute approximate surface area is 101 Å². The summed E-state index contributed by atoms with van der Waals surface area (Å²) in [6.07, 6.45) is 4.38. The monoisotopic (exact) mass is 227 g/mol. The quantitative estimate of drug-likeness (QED) is 0.641. The molecule has 2 nitrogen and oxygen atoms in total. The van der Waals surface area contributed by atoms with Crippen molar-refractivity contribution in [1.82, 2.24) is 5.32 Å². The highest BCUT2D eigenvalue weighted by molar-refractivity contribution is 5.09. The fourth-order valence-electron chi connectivity index (χ4n) is 2.22. The third kappa shape index (κ3) is 4.26. The van der Waals surface area contributed by atoms with E-state index in [0.717, 1.165) is 26.0 Å². The van der Waals surface area contributed by atoms with Gasteiger partial charge in [0, 0.05) is 6.61 Å². The van der Waals surface area contributed by atoms with Crippen LogP contribution in [0.1, 0.15) is 54.4 Å². The number of nitrogens with one attached hydrogen (secondary N) is 1. The lowest BCUT2D eigenvalue weighted by atomic mass is 9.87. The predicted octanol–water partition coefficient (Wildman–Crippen LogP) is 3.53. The maximum Gasteiger partial charge on any atom is 0.0865 e. The SMILES string of the molecule is CCNC(C=C(C)C)C(CC)(CC)OCC. The van der Waals surface area contributed by atoms with Gasteiger partial charge in [-0.1, -0.05) is 32.4 Å². The number of allylic oxidation sites excluding steroid dienone is 1. The van der Waals surface area contributed by atoms with E-state index in [-0.39, 0.29) is 5.60 Å². The highest BCUT2D eigenvalue weighted by Crippen LogP contribution is 2.26. The molecule has 1 N–H and O–H groups in total. The zero-order chi connectivity index (χ0) is 12.6. The van der Waals surface area contributed by atoms with Crippen LogP contribution in [0, 0.1) is 0 Å². The molecular formula is C14H29NO. The molecule has 0 aromatic rings. The van der Waals surface area contributed by atoms with Gasteiger partial charge in [-0.3, -0.25) is 0 Å². The second-order valence-corrected chi connectivity index (χ2v) is 4.48. The first-order chi connectivity index (χ1) is 7.56. The second-order valence-electron chi connectivity index (χ2n) is 4.48. The Morgan fingerprint density at radius 2 is 1.75 bits per heavy atom. The minimum atomic E-state index is -0.0535. The number of likely N-dealkylation sites (N-methyl/N-ethyl adjacent to an activating group) is 1. The Balaban J connectivity index is 4.98. The molecule has 0 bridgehead atoms. The predicted molar refractivity (Wildman–Crippen MR) is 71.8 cm³/mol. The van der Waals surface area contributed by atoms with Crippen LogP contribution in [0.2, 0.25) is 0 Å². The molecule has 0 radical (unpaired) electrons. The summed E-state index contributed by atoms with van der Waals surface area (Å²) in [5.41, 5.74) is 1.29. The number of hydrogen-bond acceptors (Lipinski definition) is 2. The van der Waals surface area contributed by atoms with E-state index < -0.39 is 0 Å². The fourth-order valence-corrected chi connectivity index (χ4v) is 2.22. The second kappa shape index (κ2) is 7.86. The third-order valence-electron chi connectivity index (χ3n) is 3.12. The summed E-state index contributed by atoms with van der Waals surface area (Å²) in [6.45, 7) is 14.7. The zero-order valence-electron chi connectivity index (χ0n) is 11.9. The smallest absolute Gasteiger partial charge is 0.0865 e. The van der Waals surface area contributed by atoms with E-state index >= 15 is 0 Å². The Kier molecular flexibility index (Phi) is 7.69. The van der Waals surface area contributed by atoms with Gasteiger partial charge in [0.2, 0.25) is 0 Å². The van der Waals surface area contributed by atoms with E-state index in [0.29, 0.717) is 6.04 Å². The summed E-state index contributed by atoms with van der Waals surface area (Å²) in [7, 11) is 0. The van der Waals surface area contributed by atoms with Crippen LogP contribution in [0.3, 0.4) is 0 Å². The molecule has 2 heteroatoms. The lowest BCUT2D eigenvalue weighted by Gasteiger charge is -2.38. The van der Waals surface area contributed by atoms with Crippen molar-refractivity contribution in [1.29, 1.82) is 0 Å². The molecule has 0 saturated heterocycles. The number of ether oxygens (including phenoxy) is 1. The van der Waals surface area contributed by atoms with Crippen LogP contribution in [0.15, 0.2) is 11.6 Å². The molecule has 0 aromatic heterocycles. The molecule has 0 aromatic carbocycles. The molecule has 0 fully saturated rings. The van der Waals surface area contributed by atoms with Gasteiger partial charge in [-0.15, -0.1) is 0 Å². The normalized spacial score (nSPS) is 13.6. The molecule has 16 heavy (non-hydrogen) atoms. The first-order valence-corrected chi connectivity index (χ1v) is 6.58. The number of rotatable bonds is 8. The maximum absolute atomic E-state index is 6.04. The van der Waals surface area contributed by atoms with Gasteiger partial charge in [-0.25, -0.2) is 0 Å². The minimum absolute atomic E-state index is 0.0535. The van der Waals surface area contributed by atoms with Gasteiger partial charge in [-0.05, 0) is 40.2 Å². The van der Waals surface area contributed by atoms with Gasteiger partial charge in [-0.2, -0.15) is 0 Å². The van der Waals surface area contributed by atoms with Gasteiger partial charge in [0.15, 0.2) is 0 Å². The highest BCUT2D eigenvalue weighted by Gasteiger charge is 2.34. The van der Waals surface area contributed by atoms with Crippen molar-refractivity contribution in [2.75, 3.05) is 13.2 Å². The van der Waals surface area contributed by atoms with E-state index in [1.165, 1.54) is 5.57 Å². The average molecular weight is 227 g/mol. The standard InChI is InChI=1S/C14H29NO/c1-7-14(8-2,16-10-4)13(15-9-3)11-12(5)6/h11,13,15H,7-10H2,1-6H3. The molecule has 0 aliphatic carbocycles. The van der Waals surface area contributed by atoms with Crippen LogP contribution >= 0.6 is 0 Å². The van der Waals surface area contributed by atoms with Gasteiger partial charge in [0.1, 0.15) is 0 Å². The van der Waals surface area contributed by atoms with Crippen LogP contribution in [-0.2, 0) is 4.74 Å². The molecule has 0 aliphatic heterocycles. The summed E-state index contributed by atoms with van der Waals surface area (Å²) in [5.74, 6) is 0. The van der Waals surface area contributed by atoms with Crippen LogP contribution in [-0.4, -0.2) is 24.8 Å². The third-order valence-corrected chi connectivity index (χ3v) is 3.12. The molecular weight excluding hydrogens is 198 g/mol. The van der Waals surface area contributed by atoms with Gasteiger partial charge in [0.05, 0.1) is 11.6 Å². The maximum atomic E-state index is 6.04. The molecule has 0 amide bonds. The fraction of sp³-hybridized carbons (Fsp3) is 0.857. The topological polar surface area (TPSA) is 21.3 Å². The van der Waals surface area contributed by atoms with Crippen molar-refractivity contribution in [2.45, 2.75) is 66.0 Å². The molecule has 1 atom stereocenters. The Morgan fingerprint density at radius 1 is 1.19 bits per heavy atom. The van der Waals surface area contributed by atoms with Crippen molar-refractivity contribution in [3.63, 3.8) is 0 Å². The first-order valence-electron chi connectivity index (χ1n) is 6.58. The zero-order valence-corrected chi connectivity index (χ0v) is 11.9. The molecule has 0 spiro atoms. The van der Waals surface area contributed by atoms with Crippen molar-refractivity contribution in [3.8, 4) is 0 Å². The summed E-state index contributed by atoms with van der Waals surface area (Å²) < 4.78 is 6.04. The Hall–Kier alpha value is -0.340. The van der Waals surface area contributed by atoms with E-state index in [4.69, 9.17) is 4.74 Å². The van der Waals surface area contributed by atoms with Crippen LogP contribution in [0.25, 0.3) is 0 Å². The number of hydrogen-bond donors (Lipinski definition) is 1. The van der Waals surface area contributed by atoms with Crippen molar-refractivity contribution >= 4 is 0 Å². The average Bonchev–Trinajstić information content (AvgIpc) is 2.25. The van der Waals surface area contributed by atoms with E-state index in [2.05, 4.69) is 52.9 Å². The van der Waals surface area contributed by atoms with Gasteiger partial charge < -0.3 is 10.1 Å². The van der Waals surface area contributed by atoms with Gasteiger partial charge in [0.25, 0.3) is 0 Å². The van der Waals surface area contributed by atoms with Crippen LogP contribution < -0.4 is 5.32 Å². The summed E-state index contributed by atoms with van der Waals surface area (Å²) in [4.78, 5) is 0. The van der Waals surface area contributed by atoms with Crippen LogP contribution in [0.4, 0.5) is 0 Å². The lowest BCUT2D eigenvalue weighted by Crippen LogP contribution is -2.51. The summed E-state index contributed by atoms with van der Waals surface area (Å²) in [5, 5.41) is 3.54. The molecule has 96 valence electrons.